The van der Waals surface area contributed by atoms with Gasteiger partial charge in [-0.15, -0.1) is 0 Å². The van der Waals surface area contributed by atoms with E-state index < -0.39 is 0 Å². The first-order chi connectivity index (χ1) is 26.8. The van der Waals surface area contributed by atoms with Crippen LogP contribution in [0.2, 0.25) is 0 Å². The second kappa shape index (κ2) is 13.4. The van der Waals surface area contributed by atoms with Gasteiger partial charge in [0, 0.05) is 33.5 Å². The summed E-state index contributed by atoms with van der Waals surface area (Å²) in [5.74, 6) is 0. The fourth-order valence-corrected chi connectivity index (χ4v) is 7.87. The average Bonchev–Trinajstić information content (AvgIpc) is 3.59. The van der Waals surface area contributed by atoms with Gasteiger partial charge in [-0.1, -0.05) is 146 Å². The van der Waals surface area contributed by atoms with Crippen molar-refractivity contribution < 1.29 is 0 Å². The van der Waals surface area contributed by atoms with E-state index in [1.54, 1.807) is 0 Å². The normalized spacial score (nSPS) is 11.3. The molecule has 0 aliphatic carbocycles. The molecule has 2 heteroatoms. The molecule has 0 fully saturated rings. The van der Waals surface area contributed by atoms with Crippen molar-refractivity contribution in [2.24, 2.45) is 0 Å². The van der Waals surface area contributed by atoms with Crippen molar-refractivity contribution in [3.05, 3.63) is 218 Å². The number of aromatic nitrogens is 1. The molecule has 0 radical (unpaired) electrons. The third-order valence-corrected chi connectivity index (χ3v) is 10.6. The predicted molar refractivity (Wildman–Crippen MR) is 229 cm³/mol. The van der Waals surface area contributed by atoms with E-state index in [1.807, 2.05) is 0 Å². The predicted octanol–water partition coefficient (Wildman–Crippen LogP) is 14.4. The van der Waals surface area contributed by atoms with Crippen LogP contribution >= 0.6 is 0 Å². The number of para-hydroxylation sites is 2. The fraction of sp³-hybridized carbons (Fsp3) is 0. The molecule has 2 nitrogen and oxygen atoms in total. The highest BCUT2D eigenvalue weighted by molar-refractivity contribution is 6.09. The minimum atomic E-state index is 1.10. The summed E-state index contributed by atoms with van der Waals surface area (Å²) in [6, 6.07) is 78.8. The van der Waals surface area contributed by atoms with Crippen LogP contribution in [-0.2, 0) is 0 Å². The smallest absolute Gasteiger partial charge is 0.0541 e. The van der Waals surface area contributed by atoms with Crippen LogP contribution in [0.15, 0.2) is 218 Å². The van der Waals surface area contributed by atoms with Crippen molar-refractivity contribution in [3.63, 3.8) is 0 Å². The number of hydrogen-bond donors (Lipinski definition) is 0. The summed E-state index contributed by atoms with van der Waals surface area (Å²) < 4.78 is 2.37. The minimum absolute atomic E-state index is 1.10. The van der Waals surface area contributed by atoms with Crippen molar-refractivity contribution in [1.29, 1.82) is 0 Å². The van der Waals surface area contributed by atoms with Gasteiger partial charge < -0.3 is 9.47 Å². The first-order valence-corrected chi connectivity index (χ1v) is 18.5. The zero-order chi connectivity index (χ0) is 35.8. The lowest BCUT2D eigenvalue weighted by Gasteiger charge is -2.26. The molecule has 0 aliphatic rings. The number of nitrogens with zero attached hydrogens (tertiary/aromatic N) is 2. The van der Waals surface area contributed by atoms with Crippen molar-refractivity contribution in [2.75, 3.05) is 4.90 Å². The Morgan fingerprint density at radius 1 is 0.278 bits per heavy atom. The van der Waals surface area contributed by atoms with E-state index in [0.29, 0.717) is 0 Å². The maximum Gasteiger partial charge on any atom is 0.0541 e. The van der Waals surface area contributed by atoms with Crippen LogP contribution < -0.4 is 4.90 Å². The zero-order valence-electron chi connectivity index (χ0n) is 29.7. The molecule has 1 heterocycles. The number of rotatable bonds is 7. The minimum Gasteiger partial charge on any atom is -0.311 e. The molecule has 1 aromatic heterocycles. The SMILES string of the molecule is c1ccc(-c2ccc(N(c3ccc(-c4ccc5cc(-c6ccccc6)ccc5c4)cc3)c3ccc(-n4c5ccccc5c5ccccc54)cc3)cc2)cc1. The zero-order valence-corrected chi connectivity index (χ0v) is 29.7. The van der Waals surface area contributed by atoms with Gasteiger partial charge in [-0.2, -0.15) is 0 Å². The molecule has 0 saturated heterocycles. The lowest BCUT2D eigenvalue weighted by atomic mass is 9.97. The second-order valence-corrected chi connectivity index (χ2v) is 13.8. The highest BCUT2D eigenvalue weighted by Gasteiger charge is 2.16. The van der Waals surface area contributed by atoms with Crippen LogP contribution in [0.25, 0.3) is 71.6 Å². The Morgan fingerprint density at radius 3 is 1.11 bits per heavy atom. The monoisotopic (exact) mass is 688 g/mol. The van der Waals surface area contributed by atoms with Crippen LogP contribution in [-0.4, -0.2) is 4.57 Å². The summed E-state index contributed by atoms with van der Waals surface area (Å²) in [5, 5.41) is 5.01. The van der Waals surface area contributed by atoms with E-state index in [0.717, 1.165) is 22.7 Å². The Hall–Kier alpha value is -7.16. The van der Waals surface area contributed by atoms with E-state index >= 15 is 0 Å². The Balaban J connectivity index is 1.02. The Kier molecular flexibility index (Phi) is 7.85. The number of hydrogen-bond acceptors (Lipinski definition) is 1. The van der Waals surface area contributed by atoms with Gasteiger partial charge >= 0.3 is 0 Å². The summed E-state index contributed by atoms with van der Waals surface area (Å²) >= 11 is 0. The third kappa shape index (κ3) is 5.71. The Bertz CT molecular complexity index is 2830. The fourth-order valence-electron chi connectivity index (χ4n) is 7.87. The summed E-state index contributed by atoms with van der Waals surface area (Å²) in [6.45, 7) is 0. The molecule has 54 heavy (non-hydrogen) atoms. The van der Waals surface area contributed by atoms with Crippen LogP contribution in [0.3, 0.4) is 0 Å². The first-order valence-electron chi connectivity index (χ1n) is 18.5. The molecule has 0 aliphatic heterocycles. The standard InChI is InChI=1S/C52H36N2/c1-3-11-37(12-4-1)39-23-27-45(28-24-39)53(47-31-33-48(34-32-47)54-51-17-9-7-15-49(51)50-16-8-10-18-52(50)54)46-29-25-40(26-30-46)42-20-22-43-35-41(19-21-44(43)36-42)38-13-5-2-6-14-38/h1-36H. The molecule has 0 spiro atoms. The van der Waals surface area contributed by atoms with E-state index in [1.165, 1.54) is 66.0 Å². The van der Waals surface area contributed by atoms with Gasteiger partial charge in [0.2, 0.25) is 0 Å². The summed E-state index contributed by atoms with van der Waals surface area (Å²) in [5.41, 5.74) is 14.1. The van der Waals surface area contributed by atoms with Crippen LogP contribution in [0.1, 0.15) is 0 Å². The maximum atomic E-state index is 2.37. The highest BCUT2D eigenvalue weighted by Crippen LogP contribution is 2.39. The molecule has 0 amide bonds. The summed E-state index contributed by atoms with van der Waals surface area (Å²) in [7, 11) is 0. The number of anilines is 3. The lowest BCUT2D eigenvalue weighted by Crippen LogP contribution is -2.10. The molecule has 0 atom stereocenters. The molecule has 0 N–H and O–H groups in total. The quantitative estimate of drug-likeness (QED) is 0.162. The van der Waals surface area contributed by atoms with Gasteiger partial charge in [-0.05, 0) is 117 Å². The maximum absolute atomic E-state index is 2.37. The molecule has 0 unspecified atom stereocenters. The van der Waals surface area contributed by atoms with E-state index in [9.17, 15) is 0 Å². The van der Waals surface area contributed by atoms with Crippen LogP contribution in [0.4, 0.5) is 17.1 Å². The van der Waals surface area contributed by atoms with Gasteiger partial charge in [-0.25, -0.2) is 0 Å². The van der Waals surface area contributed by atoms with Gasteiger partial charge in [-0.3, -0.25) is 0 Å². The molecule has 9 aromatic carbocycles. The largest absolute Gasteiger partial charge is 0.311 e. The molecule has 10 aromatic rings. The lowest BCUT2D eigenvalue weighted by molar-refractivity contribution is 1.17. The third-order valence-electron chi connectivity index (χ3n) is 10.6. The Labute approximate surface area is 315 Å². The summed E-state index contributed by atoms with van der Waals surface area (Å²) in [6.07, 6.45) is 0. The number of benzene rings is 9. The first kappa shape index (κ1) is 31.6. The van der Waals surface area contributed by atoms with E-state index in [2.05, 4.69) is 228 Å². The second-order valence-electron chi connectivity index (χ2n) is 13.8. The molecular weight excluding hydrogens is 653 g/mol. The van der Waals surface area contributed by atoms with Crippen molar-refractivity contribution >= 4 is 49.6 Å². The molecule has 254 valence electrons. The molecular formula is C52H36N2. The molecule has 10 rings (SSSR count). The van der Waals surface area contributed by atoms with Gasteiger partial charge in [0.1, 0.15) is 0 Å². The van der Waals surface area contributed by atoms with Gasteiger partial charge in [0.15, 0.2) is 0 Å². The van der Waals surface area contributed by atoms with Crippen molar-refractivity contribution in [1.82, 2.24) is 4.57 Å². The molecule has 0 bridgehead atoms. The van der Waals surface area contributed by atoms with E-state index in [4.69, 9.17) is 0 Å². The number of fused-ring (bicyclic) bond motifs is 4. The average molecular weight is 689 g/mol. The van der Waals surface area contributed by atoms with E-state index in [-0.39, 0.29) is 0 Å². The van der Waals surface area contributed by atoms with Crippen molar-refractivity contribution in [2.45, 2.75) is 0 Å². The summed E-state index contributed by atoms with van der Waals surface area (Å²) in [4.78, 5) is 2.35. The van der Waals surface area contributed by atoms with Crippen LogP contribution in [0.5, 0.6) is 0 Å². The van der Waals surface area contributed by atoms with Gasteiger partial charge in [0.25, 0.3) is 0 Å². The topological polar surface area (TPSA) is 8.17 Å². The molecule has 0 saturated carbocycles. The highest BCUT2D eigenvalue weighted by atomic mass is 15.1. The van der Waals surface area contributed by atoms with Crippen molar-refractivity contribution in [3.8, 4) is 39.1 Å². The van der Waals surface area contributed by atoms with Crippen LogP contribution in [0, 0.1) is 0 Å². The Morgan fingerprint density at radius 2 is 0.630 bits per heavy atom. The van der Waals surface area contributed by atoms with Gasteiger partial charge in [0.05, 0.1) is 11.0 Å².